The fraction of sp³-hybridized carbons (Fsp3) is 0.636. The Labute approximate surface area is 279 Å². The molecule has 2 aliphatic heterocycles. The quantitative estimate of drug-likeness (QED) is 0.213. The number of piperidine rings is 1. The zero-order valence-corrected chi connectivity index (χ0v) is 28.6. The summed E-state index contributed by atoms with van der Waals surface area (Å²) in [6.07, 6.45) is 12.2. The Morgan fingerprint density at radius 1 is 1.09 bits per heavy atom. The third-order valence-electron chi connectivity index (χ3n) is 9.34. The molecule has 1 saturated carbocycles. The molecule has 1 amide bonds. The number of carbonyl (C=O) groups is 1. The largest absolute Gasteiger partial charge is 0.497 e. The summed E-state index contributed by atoms with van der Waals surface area (Å²) >= 11 is 1.56. The van der Waals surface area contributed by atoms with E-state index in [9.17, 15) is 4.79 Å². The Morgan fingerprint density at radius 3 is 2.70 bits per heavy atom. The van der Waals surface area contributed by atoms with Gasteiger partial charge >= 0.3 is 6.09 Å². The van der Waals surface area contributed by atoms with E-state index in [-0.39, 0.29) is 18.4 Å². The Hall–Kier alpha value is -3.78. The number of fused-ring (bicyclic) bond motifs is 1. The van der Waals surface area contributed by atoms with Gasteiger partial charge in [-0.1, -0.05) is 23.0 Å². The molecule has 2 atom stereocenters. The smallest absolute Gasteiger partial charge is 0.410 e. The first-order valence-corrected chi connectivity index (χ1v) is 17.7. The summed E-state index contributed by atoms with van der Waals surface area (Å²) in [5.74, 6) is 1.29. The minimum absolute atomic E-state index is 0.0816. The molecule has 2 unspecified atom stereocenters. The summed E-state index contributed by atoms with van der Waals surface area (Å²) in [5, 5.41) is 25.4. The maximum Gasteiger partial charge on any atom is 0.410 e. The van der Waals surface area contributed by atoms with Crippen molar-refractivity contribution in [3.05, 3.63) is 29.5 Å². The number of hydrogen-bond donors (Lipinski definition) is 0. The monoisotopic (exact) mass is 663 g/mol. The molecule has 0 spiro atoms. The molecule has 14 heteroatoms. The molecule has 3 aromatic heterocycles. The minimum atomic E-state index is -0.525. The van der Waals surface area contributed by atoms with Crippen molar-refractivity contribution >= 4 is 33.5 Å². The first kappa shape index (κ1) is 31.8. The average molecular weight is 664 g/mol. The highest BCUT2D eigenvalue weighted by atomic mass is 32.1. The lowest BCUT2D eigenvalue weighted by Gasteiger charge is -2.42. The highest BCUT2D eigenvalue weighted by Gasteiger charge is 2.35. The predicted octanol–water partition coefficient (Wildman–Crippen LogP) is 5.91. The van der Waals surface area contributed by atoms with Crippen molar-refractivity contribution in [1.82, 2.24) is 39.9 Å². The molecule has 1 aliphatic carbocycles. The molecule has 252 valence electrons. The highest BCUT2D eigenvalue weighted by molar-refractivity contribution is 7.15. The van der Waals surface area contributed by atoms with E-state index in [1.807, 2.05) is 54.9 Å². The molecule has 47 heavy (non-hydrogen) atoms. The maximum absolute atomic E-state index is 13.3. The second-order valence-electron chi connectivity index (χ2n) is 14.0. The molecule has 0 radical (unpaired) electrons. The molecule has 0 bridgehead atoms. The van der Waals surface area contributed by atoms with Gasteiger partial charge in [-0.15, -0.1) is 15.3 Å². The summed E-state index contributed by atoms with van der Waals surface area (Å²) in [5.41, 5.74) is 2.06. The van der Waals surface area contributed by atoms with E-state index in [2.05, 4.69) is 25.4 Å². The number of anilines is 1. The molecule has 5 heterocycles. The van der Waals surface area contributed by atoms with Gasteiger partial charge in [-0.05, 0) is 77.7 Å². The van der Waals surface area contributed by atoms with Crippen LogP contribution in [0.3, 0.4) is 0 Å². The number of aromatic nitrogens is 7. The van der Waals surface area contributed by atoms with Crippen LogP contribution in [0.15, 0.2) is 24.5 Å². The summed E-state index contributed by atoms with van der Waals surface area (Å²) in [7, 11) is 1.67. The van der Waals surface area contributed by atoms with Gasteiger partial charge in [0.25, 0.3) is 0 Å². The van der Waals surface area contributed by atoms with Gasteiger partial charge in [-0.2, -0.15) is 5.10 Å². The Morgan fingerprint density at radius 2 is 1.96 bits per heavy atom. The van der Waals surface area contributed by atoms with E-state index >= 15 is 0 Å². The number of nitrogens with zero attached hydrogens (tertiary/aromatic N) is 9. The van der Waals surface area contributed by atoms with E-state index < -0.39 is 5.60 Å². The van der Waals surface area contributed by atoms with E-state index in [0.29, 0.717) is 12.5 Å². The van der Waals surface area contributed by atoms with Gasteiger partial charge in [0.15, 0.2) is 6.23 Å². The molecular weight excluding hydrogens is 618 g/mol. The lowest BCUT2D eigenvalue weighted by Crippen LogP contribution is -2.53. The Kier molecular flexibility index (Phi) is 9.05. The number of methoxy groups -OCH3 is 1. The Balaban J connectivity index is 1.05. The van der Waals surface area contributed by atoms with Crippen LogP contribution in [0.4, 0.5) is 9.93 Å². The highest BCUT2D eigenvalue weighted by Crippen LogP contribution is 2.36. The SMILES string of the molecule is COc1cc(-c2cn(Cc3nnc(N4CCCC(N(CC5CCC5)C(=O)OC(C)(C)C)C4)s3)nn2)c2cnn(C3CCCCO3)c2c1. The summed E-state index contributed by atoms with van der Waals surface area (Å²) in [6.45, 7) is 9.36. The Bertz CT molecular complexity index is 1680. The number of amides is 1. The lowest BCUT2D eigenvalue weighted by molar-refractivity contribution is -0.0366. The fourth-order valence-corrected chi connectivity index (χ4v) is 7.56. The van der Waals surface area contributed by atoms with Crippen LogP contribution in [0, 0.1) is 5.92 Å². The van der Waals surface area contributed by atoms with Crippen molar-refractivity contribution in [2.75, 3.05) is 38.3 Å². The normalized spacial score (nSPS) is 20.7. The van der Waals surface area contributed by atoms with Crippen LogP contribution in [0.5, 0.6) is 5.75 Å². The van der Waals surface area contributed by atoms with E-state index in [1.165, 1.54) is 19.3 Å². The molecule has 1 aromatic carbocycles. The van der Waals surface area contributed by atoms with Crippen molar-refractivity contribution in [2.45, 2.75) is 96.6 Å². The standard InChI is InChI=1S/C33H45N9O4S/c1-33(2,3)46-32(43)41(18-22-9-7-10-22)23-11-8-13-39(19-23)31-37-36-29(47-31)21-40-20-27(35-38-40)25-15-24(44-4)16-28-26(25)17-34-42(28)30-12-5-6-14-45-30/h15-17,20,22-23,30H,5-14,18-19,21H2,1-4H3. The van der Waals surface area contributed by atoms with Crippen molar-refractivity contribution in [1.29, 1.82) is 0 Å². The van der Waals surface area contributed by atoms with Crippen LogP contribution in [-0.4, -0.2) is 91.0 Å². The van der Waals surface area contributed by atoms with Crippen molar-refractivity contribution in [3.8, 4) is 17.0 Å². The van der Waals surface area contributed by atoms with E-state index in [1.54, 1.807) is 23.1 Å². The number of carbonyl (C=O) groups excluding carboxylic acids is 1. The first-order chi connectivity index (χ1) is 22.7. The lowest BCUT2D eigenvalue weighted by atomic mass is 9.84. The first-order valence-electron chi connectivity index (χ1n) is 16.9. The van der Waals surface area contributed by atoms with Gasteiger partial charge in [0.1, 0.15) is 22.1 Å². The number of ether oxygens (including phenoxy) is 3. The van der Waals surface area contributed by atoms with Gasteiger partial charge in [0, 0.05) is 43.3 Å². The van der Waals surface area contributed by atoms with Crippen LogP contribution >= 0.6 is 11.3 Å². The van der Waals surface area contributed by atoms with Crippen molar-refractivity contribution < 1.29 is 19.0 Å². The summed E-state index contributed by atoms with van der Waals surface area (Å²) in [6, 6.07) is 4.06. The third kappa shape index (κ3) is 7.08. The number of benzene rings is 1. The van der Waals surface area contributed by atoms with Crippen LogP contribution in [0.1, 0.15) is 83.4 Å². The molecule has 7 rings (SSSR count). The zero-order valence-electron chi connectivity index (χ0n) is 27.8. The second kappa shape index (κ2) is 13.4. The maximum atomic E-state index is 13.3. The van der Waals surface area contributed by atoms with Gasteiger partial charge in [0.05, 0.1) is 37.6 Å². The van der Waals surface area contributed by atoms with E-state index in [4.69, 9.17) is 19.3 Å². The van der Waals surface area contributed by atoms with Crippen molar-refractivity contribution in [2.24, 2.45) is 5.92 Å². The minimum Gasteiger partial charge on any atom is -0.497 e. The molecule has 0 N–H and O–H groups in total. The van der Waals surface area contributed by atoms with Gasteiger partial charge in [-0.3, -0.25) is 0 Å². The van der Waals surface area contributed by atoms with Crippen LogP contribution < -0.4 is 9.64 Å². The average Bonchev–Trinajstić information content (AvgIpc) is 3.80. The molecule has 3 aliphatic rings. The third-order valence-corrected chi connectivity index (χ3v) is 10.3. The van der Waals surface area contributed by atoms with Crippen molar-refractivity contribution in [3.63, 3.8) is 0 Å². The molecular formula is C33H45N9O4S. The number of rotatable bonds is 9. The molecule has 13 nitrogen and oxygen atoms in total. The molecule has 2 saturated heterocycles. The zero-order chi connectivity index (χ0) is 32.5. The van der Waals surface area contributed by atoms with Gasteiger partial charge < -0.3 is 24.0 Å². The van der Waals surface area contributed by atoms with E-state index in [0.717, 1.165) is 96.4 Å². The van der Waals surface area contributed by atoms with Gasteiger partial charge in [0.2, 0.25) is 5.13 Å². The van der Waals surface area contributed by atoms with Gasteiger partial charge in [-0.25, -0.2) is 14.2 Å². The molecule has 3 fully saturated rings. The molecule has 4 aromatic rings. The fourth-order valence-electron chi connectivity index (χ4n) is 6.70. The summed E-state index contributed by atoms with van der Waals surface area (Å²) < 4.78 is 21.3. The van der Waals surface area contributed by atoms with Crippen LogP contribution in [0.2, 0.25) is 0 Å². The predicted molar refractivity (Wildman–Crippen MR) is 179 cm³/mol. The summed E-state index contributed by atoms with van der Waals surface area (Å²) in [4.78, 5) is 17.5. The number of hydrogen-bond acceptors (Lipinski definition) is 11. The van der Waals surface area contributed by atoms with Crippen LogP contribution in [-0.2, 0) is 16.0 Å². The topological polar surface area (TPSA) is 126 Å². The van der Waals surface area contributed by atoms with Crippen LogP contribution in [0.25, 0.3) is 22.2 Å². The second-order valence-corrected chi connectivity index (χ2v) is 15.0.